The van der Waals surface area contributed by atoms with Crippen LogP contribution in [0.3, 0.4) is 0 Å². The van der Waals surface area contributed by atoms with Crippen LogP contribution in [-0.2, 0) is 4.79 Å². The molecule has 140 valence electrons. The fourth-order valence-electron chi connectivity index (χ4n) is 2.70. The Morgan fingerprint density at radius 2 is 1.64 bits per heavy atom. The Kier molecular flexibility index (Phi) is 12.3. The number of benzene rings is 1. The number of carbonyl (C=O) groups excluding carboxylic acids is 1. The lowest BCUT2D eigenvalue weighted by Gasteiger charge is -2.06. The van der Waals surface area contributed by atoms with Crippen LogP contribution in [0.1, 0.15) is 83.6 Å². The zero-order valence-electron chi connectivity index (χ0n) is 15.9. The summed E-state index contributed by atoms with van der Waals surface area (Å²) in [6, 6.07) is 7.66. The van der Waals surface area contributed by atoms with Crippen LogP contribution in [0.15, 0.2) is 29.4 Å². The van der Waals surface area contributed by atoms with E-state index in [9.17, 15) is 4.79 Å². The van der Waals surface area contributed by atoms with Gasteiger partial charge in [-0.15, -0.1) is 0 Å². The van der Waals surface area contributed by atoms with E-state index >= 15 is 0 Å². The van der Waals surface area contributed by atoms with Crippen molar-refractivity contribution >= 4 is 12.1 Å². The molecule has 0 radical (unpaired) electrons. The number of nitrogens with one attached hydrogen (secondary N) is 1. The van der Waals surface area contributed by atoms with E-state index in [4.69, 9.17) is 4.74 Å². The van der Waals surface area contributed by atoms with E-state index in [1.165, 1.54) is 44.9 Å². The molecule has 4 nitrogen and oxygen atoms in total. The number of hydrogen-bond donors (Lipinski definition) is 1. The largest absolute Gasteiger partial charge is 0.493 e. The van der Waals surface area contributed by atoms with Crippen LogP contribution < -0.4 is 10.2 Å². The van der Waals surface area contributed by atoms with Crippen molar-refractivity contribution in [3.8, 4) is 5.75 Å². The van der Waals surface area contributed by atoms with Crippen LogP contribution in [0.4, 0.5) is 0 Å². The molecule has 0 saturated heterocycles. The molecule has 0 aromatic heterocycles. The fraction of sp³-hybridized carbons (Fsp3) is 0.619. The first-order valence-corrected chi connectivity index (χ1v) is 9.81. The zero-order valence-corrected chi connectivity index (χ0v) is 15.9. The molecule has 1 N–H and O–H groups in total. The number of ether oxygens (including phenoxy) is 1. The summed E-state index contributed by atoms with van der Waals surface area (Å²) < 4.78 is 5.52. The van der Waals surface area contributed by atoms with E-state index in [-0.39, 0.29) is 5.91 Å². The molecule has 0 fully saturated rings. The number of amides is 1. The fourth-order valence-corrected chi connectivity index (χ4v) is 2.70. The predicted molar refractivity (Wildman–Crippen MR) is 105 cm³/mol. The molecule has 1 aromatic rings. The van der Waals surface area contributed by atoms with Gasteiger partial charge in [0.05, 0.1) is 12.8 Å². The minimum atomic E-state index is -0.0203. The third kappa shape index (κ3) is 10.6. The van der Waals surface area contributed by atoms with E-state index in [0.717, 1.165) is 24.2 Å². The lowest BCUT2D eigenvalue weighted by atomic mass is 10.1. The Hall–Kier alpha value is -1.84. The molecule has 0 atom stereocenters. The monoisotopic (exact) mass is 346 g/mol. The summed E-state index contributed by atoms with van der Waals surface area (Å²) in [7, 11) is 0. The topological polar surface area (TPSA) is 50.7 Å². The maximum absolute atomic E-state index is 11.8. The average Bonchev–Trinajstić information content (AvgIpc) is 2.62. The van der Waals surface area contributed by atoms with Gasteiger partial charge < -0.3 is 4.74 Å². The molecular weight excluding hydrogens is 312 g/mol. The van der Waals surface area contributed by atoms with Gasteiger partial charge in [0.1, 0.15) is 5.75 Å². The van der Waals surface area contributed by atoms with E-state index < -0.39 is 0 Å². The highest BCUT2D eigenvalue weighted by atomic mass is 16.5. The minimum Gasteiger partial charge on any atom is -0.493 e. The number of nitrogens with zero attached hydrogens (tertiary/aromatic N) is 1. The summed E-state index contributed by atoms with van der Waals surface area (Å²) in [4.78, 5) is 11.8. The van der Waals surface area contributed by atoms with Crippen molar-refractivity contribution in [1.82, 2.24) is 5.43 Å². The molecule has 0 bridgehead atoms. The SMILES string of the molecule is CCCCCCCCCCCC(=O)N/N=C\c1ccccc1OCC. The van der Waals surface area contributed by atoms with Crippen molar-refractivity contribution in [2.24, 2.45) is 5.10 Å². The normalized spacial score (nSPS) is 11.0. The summed E-state index contributed by atoms with van der Waals surface area (Å²) in [6.07, 6.45) is 13.5. The highest BCUT2D eigenvalue weighted by Crippen LogP contribution is 2.15. The molecule has 1 aromatic carbocycles. The summed E-state index contributed by atoms with van der Waals surface area (Å²) in [5, 5.41) is 4.04. The second-order valence-electron chi connectivity index (χ2n) is 6.34. The molecule has 0 unspecified atom stereocenters. The van der Waals surface area contributed by atoms with Gasteiger partial charge in [0, 0.05) is 12.0 Å². The Balaban J connectivity index is 2.11. The van der Waals surface area contributed by atoms with Crippen molar-refractivity contribution in [3.05, 3.63) is 29.8 Å². The lowest BCUT2D eigenvalue weighted by Crippen LogP contribution is -2.17. The second-order valence-corrected chi connectivity index (χ2v) is 6.34. The number of carbonyl (C=O) groups is 1. The molecule has 0 saturated carbocycles. The lowest BCUT2D eigenvalue weighted by molar-refractivity contribution is -0.121. The van der Waals surface area contributed by atoms with Gasteiger partial charge in [-0.3, -0.25) is 4.79 Å². The van der Waals surface area contributed by atoms with Crippen molar-refractivity contribution in [2.75, 3.05) is 6.61 Å². The first kappa shape index (κ1) is 21.2. The Bertz CT molecular complexity index is 500. The first-order chi connectivity index (χ1) is 12.3. The van der Waals surface area contributed by atoms with E-state index in [0.29, 0.717) is 13.0 Å². The maximum Gasteiger partial charge on any atom is 0.240 e. The quantitative estimate of drug-likeness (QED) is 0.276. The smallest absolute Gasteiger partial charge is 0.240 e. The molecular formula is C21H34N2O2. The summed E-state index contributed by atoms with van der Waals surface area (Å²) in [5.74, 6) is 0.759. The molecule has 1 amide bonds. The summed E-state index contributed by atoms with van der Waals surface area (Å²) in [5.41, 5.74) is 3.47. The molecule has 0 aliphatic heterocycles. The van der Waals surface area contributed by atoms with Gasteiger partial charge in [0.2, 0.25) is 5.91 Å². The van der Waals surface area contributed by atoms with Gasteiger partial charge in [-0.1, -0.05) is 70.4 Å². The first-order valence-electron chi connectivity index (χ1n) is 9.81. The minimum absolute atomic E-state index is 0.0203. The van der Waals surface area contributed by atoms with Gasteiger partial charge in [-0.25, -0.2) is 5.43 Å². The number of para-hydroxylation sites is 1. The van der Waals surface area contributed by atoms with Gasteiger partial charge in [0.15, 0.2) is 0 Å². The number of rotatable bonds is 14. The predicted octanol–water partition coefficient (Wildman–Crippen LogP) is 5.46. The highest BCUT2D eigenvalue weighted by molar-refractivity contribution is 5.85. The van der Waals surface area contributed by atoms with Gasteiger partial charge in [-0.2, -0.15) is 5.10 Å². The van der Waals surface area contributed by atoms with E-state index in [2.05, 4.69) is 17.5 Å². The number of hydrazone groups is 1. The maximum atomic E-state index is 11.8. The van der Waals surface area contributed by atoms with E-state index in [1.807, 2.05) is 31.2 Å². The third-order valence-electron chi connectivity index (χ3n) is 4.12. The van der Waals surface area contributed by atoms with Crippen LogP contribution in [0, 0.1) is 0 Å². The van der Waals surface area contributed by atoms with Crippen LogP contribution in [0.25, 0.3) is 0 Å². The average molecular weight is 347 g/mol. The Labute approximate surface area is 153 Å². The van der Waals surface area contributed by atoms with Crippen LogP contribution in [0.5, 0.6) is 5.75 Å². The Morgan fingerprint density at radius 3 is 2.32 bits per heavy atom. The number of unbranched alkanes of at least 4 members (excludes halogenated alkanes) is 8. The molecule has 0 aliphatic carbocycles. The molecule has 0 spiro atoms. The van der Waals surface area contributed by atoms with Gasteiger partial charge in [-0.05, 0) is 25.5 Å². The summed E-state index contributed by atoms with van der Waals surface area (Å²) >= 11 is 0. The van der Waals surface area contributed by atoms with Crippen molar-refractivity contribution in [2.45, 2.75) is 78.1 Å². The molecule has 0 heterocycles. The zero-order chi connectivity index (χ0) is 18.2. The van der Waals surface area contributed by atoms with Crippen molar-refractivity contribution in [3.63, 3.8) is 0 Å². The van der Waals surface area contributed by atoms with Gasteiger partial charge in [0.25, 0.3) is 0 Å². The third-order valence-corrected chi connectivity index (χ3v) is 4.12. The molecule has 25 heavy (non-hydrogen) atoms. The number of hydrogen-bond acceptors (Lipinski definition) is 3. The standard InChI is InChI=1S/C21H34N2O2/c1-3-5-6-7-8-9-10-11-12-17-21(24)23-22-18-19-15-13-14-16-20(19)25-4-2/h13-16,18H,3-12,17H2,1-2H3,(H,23,24)/b22-18-. The highest BCUT2D eigenvalue weighted by Gasteiger charge is 2.01. The molecule has 0 aliphatic rings. The molecule has 4 heteroatoms. The van der Waals surface area contributed by atoms with Crippen LogP contribution in [0.2, 0.25) is 0 Å². The summed E-state index contributed by atoms with van der Waals surface area (Å²) in [6.45, 7) is 4.80. The van der Waals surface area contributed by atoms with Crippen LogP contribution >= 0.6 is 0 Å². The second kappa shape index (κ2) is 14.5. The van der Waals surface area contributed by atoms with Crippen molar-refractivity contribution in [1.29, 1.82) is 0 Å². The van der Waals surface area contributed by atoms with Crippen molar-refractivity contribution < 1.29 is 9.53 Å². The molecule has 1 rings (SSSR count). The van der Waals surface area contributed by atoms with Gasteiger partial charge >= 0.3 is 0 Å². The van der Waals surface area contributed by atoms with Crippen LogP contribution in [-0.4, -0.2) is 18.7 Å². The van der Waals surface area contributed by atoms with E-state index in [1.54, 1.807) is 6.21 Å². The Morgan fingerprint density at radius 1 is 1.00 bits per heavy atom.